The fourth-order valence-corrected chi connectivity index (χ4v) is 2.65. The maximum atomic E-state index is 6.12. The average molecular weight is 340 g/mol. The number of benzene rings is 3. The van der Waals surface area contributed by atoms with Crippen LogP contribution >= 0.6 is 12.4 Å². The first kappa shape index (κ1) is 18.1. The minimum Gasteiger partial charge on any atom is -0.488 e. The topological polar surface area (TPSA) is 35.2 Å². The lowest BCUT2D eigenvalue weighted by atomic mass is 9.98. The Kier molecular flexibility index (Phi) is 6.42. The number of rotatable bonds is 5. The molecule has 3 heteroatoms. The lowest BCUT2D eigenvalue weighted by molar-refractivity contribution is 0.307. The van der Waals surface area contributed by atoms with Gasteiger partial charge in [0, 0.05) is 12.1 Å². The molecule has 0 atom stereocenters. The first-order chi connectivity index (χ1) is 11.3. The molecule has 3 aromatic rings. The van der Waals surface area contributed by atoms with E-state index in [4.69, 9.17) is 10.5 Å². The van der Waals surface area contributed by atoms with Crippen LogP contribution in [0.2, 0.25) is 0 Å². The molecule has 3 rings (SSSR count). The third kappa shape index (κ3) is 4.16. The molecule has 0 bridgehead atoms. The highest BCUT2D eigenvalue weighted by Crippen LogP contribution is 2.33. The molecule has 0 unspecified atom stereocenters. The Morgan fingerprint density at radius 1 is 0.792 bits per heavy atom. The van der Waals surface area contributed by atoms with E-state index in [0.717, 1.165) is 22.4 Å². The SMILES string of the molecule is Cc1ccccc1-c1ccc(CN)cc1OCc1ccccc1.Cl. The Balaban J connectivity index is 0.00000208. The number of aryl methyl sites for hydroxylation is 1. The molecule has 0 aliphatic rings. The minimum atomic E-state index is 0. The summed E-state index contributed by atoms with van der Waals surface area (Å²) in [4.78, 5) is 0. The molecular weight excluding hydrogens is 318 g/mol. The van der Waals surface area contributed by atoms with Crippen LogP contribution in [0.25, 0.3) is 11.1 Å². The van der Waals surface area contributed by atoms with Gasteiger partial charge in [-0.25, -0.2) is 0 Å². The fourth-order valence-electron chi connectivity index (χ4n) is 2.65. The Morgan fingerprint density at radius 3 is 2.21 bits per heavy atom. The smallest absolute Gasteiger partial charge is 0.127 e. The Labute approximate surface area is 149 Å². The van der Waals surface area contributed by atoms with Crippen LogP contribution in [0.3, 0.4) is 0 Å². The largest absolute Gasteiger partial charge is 0.488 e. The third-order valence-electron chi connectivity index (χ3n) is 3.95. The molecule has 124 valence electrons. The zero-order chi connectivity index (χ0) is 16.1. The van der Waals surface area contributed by atoms with Gasteiger partial charge in [0.2, 0.25) is 0 Å². The van der Waals surface area contributed by atoms with E-state index < -0.39 is 0 Å². The maximum Gasteiger partial charge on any atom is 0.127 e. The molecular formula is C21H22ClNO. The molecule has 0 spiro atoms. The summed E-state index contributed by atoms with van der Waals surface area (Å²) in [6.45, 7) is 3.18. The van der Waals surface area contributed by atoms with Crippen molar-refractivity contribution in [2.24, 2.45) is 5.73 Å². The molecule has 0 amide bonds. The molecule has 24 heavy (non-hydrogen) atoms. The van der Waals surface area contributed by atoms with Gasteiger partial charge in [-0.05, 0) is 35.2 Å². The van der Waals surface area contributed by atoms with E-state index >= 15 is 0 Å². The maximum absolute atomic E-state index is 6.12. The van der Waals surface area contributed by atoms with E-state index in [1.165, 1.54) is 11.1 Å². The predicted molar refractivity (Wildman–Crippen MR) is 103 cm³/mol. The first-order valence-corrected chi connectivity index (χ1v) is 7.83. The second-order valence-electron chi connectivity index (χ2n) is 5.62. The molecule has 0 aliphatic carbocycles. The van der Waals surface area contributed by atoms with Crippen LogP contribution in [0.4, 0.5) is 0 Å². The lowest BCUT2D eigenvalue weighted by Crippen LogP contribution is -2.01. The summed E-state index contributed by atoms with van der Waals surface area (Å²) in [5.74, 6) is 0.881. The fraction of sp³-hybridized carbons (Fsp3) is 0.143. The van der Waals surface area contributed by atoms with Crippen molar-refractivity contribution in [2.45, 2.75) is 20.1 Å². The van der Waals surface area contributed by atoms with Crippen LogP contribution in [0.5, 0.6) is 5.75 Å². The van der Waals surface area contributed by atoms with Crippen LogP contribution < -0.4 is 10.5 Å². The highest BCUT2D eigenvalue weighted by atomic mass is 35.5. The lowest BCUT2D eigenvalue weighted by Gasteiger charge is -2.15. The second-order valence-corrected chi connectivity index (χ2v) is 5.62. The van der Waals surface area contributed by atoms with Crippen molar-refractivity contribution >= 4 is 12.4 Å². The first-order valence-electron chi connectivity index (χ1n) is 7.83. The molecule has 0 saturated heterocycles. The van der Waals surface area contributed by atoms with E-state index in [1.54, 1.807) is 0 Å². The quantitative estimate of drug-likeness (QED) is 0.700. The molecule has 0 aromatic heterocycles. The van der Waals surface area contributed by atoms with E-state index in [9.17, 15) is 0 Å². The van der Waals surface area contributed by atoms with Crippen molar-refractivity contribution < 1.29 is 4.74 Å². The van der Waals surface area contributed by atoms with Gasteiger partial charge in [0.05, 0.1) is 0 Å². The number of halogens is 1. The van der Waals surface area contributed by atoms with Crippen LogP contribution in [0.15, 0.2) is 72.8 Å². The standard InChI is InChI=1S/C21H21NO.ClH/c1-16-7-5-6-10-19(16)20-12-11-18(14-22)13-21(20)23-15-17-8-3-2-4-9-17;/h2-13H,14-15,22H2,1H3;1H. The van der Waals surface area contributed by atoms with Gasteiger partial charge in [-0.1, -0.05) is 66.7 Å². The van der Waals surface area contributed by atoms with Crippen molar-refractivity contribution in [3.8, 4) is 16.9 Å². The molecule has 2 N–H and O–H groups in total. The van der Waals surface area contributed by atoms with Crippen molar-refractivity contribution in [1.29, 1.82) is 0 Å². The molecule has 0 aliphatic heterocycles. The second kappa shape index (κ2) is 8.53. The van der Waals surface area contributed by atoms with E-state index in [-0.39, 0.29) is 12.4 Å². The van der Waals surface area contributed by atoms with Crippen LogP contribution in [0.1, 0.15) is 16.7 Å². The van der Waals surface area contributed by atoms with Crippen LogP contribution in [0, 0.1) is 6.92 Å². The van der Waals surface area contributed by atoms with Gasteiger partial charge in [0.25, 0.3) is 0 Å². The summed E-state index contributed by atoms with van der Waals surface area (Å²) in [5.41, 5.74) is 11.6. The highest BCUT2D eigenvalue weighted by Gasteiger charge is 2.10. The van der Waals surface area contributed by atoms with Crippen molar-refractivity contribution in [1.82, 2.24) is 0 Å². The predicted octanol–water partition coefficient (Wildman–Crippen LogP) is 5.12. The number of ether oxygens (including phenoxy) is 1. The molecule has 3 aromatic carbocycles. The zero-order valence-corrected chi connectivity index (χ0v) is 14.6. The van der Waals surface area contributed by atoms with Gasteiger partial charge in [0.1, 0.15) is 12.4 Å². The summed E-state index contributed by atoms with van der Waals surface area (Å²) in [7, 11) is 0. The van der Waals surface area contributed by atoms with E-state index in [0.29, 0.717) is 13.2 Å². The zero-order valence-electron chi connectivity index (χ0n) is 13.7. The van der Waals surface area contributed by atoms with E-state index in [1.807, 2.05) is 24.3 Å². The van der Waals surface area contributed by atoms with Gasteiger partial charge in [-0.2, -0.15) is 0 Å². The molecule has 2 nitrogen and oxygen atoms in total. The Hall–Kier alpha value is -2.29. The third-order valence-corrected chi connectivity index (χ3v) is 3.95. The van der Waals surface area contributed by atoms with Gasteiger partial charge in [0.15, 0.2) is 0 Å². The summed E-state index contributed by atoms with van der Waals surface area (Å²) < 4.78 is 6.12. The summed E-state index contributed by atoms with van der Waals surface area (Å²) in [6, 6.07) is 24.8. The molecule has 0 fully saturated rings. The normalized spacial score (nSPS) is 10.1. The van der Waals surface area contributed by atoms with Crippen molar-refractivity contribution in [2.75, 3.05) is 0 Å². The Bertz CT molecular complexity index is 787. The number of hydrogen-bond acceptors (Lipinski definition) is 2. The number of hydrogen-bond donors (Lipinski definition) is 1. The van der Waals surface area contributed by atoms with Crippen LogP contribution in [-0.4, -0.2) is 0 Å². The van der Waals surface area contributed by atoms with Gasteiger partial charge >= 0.3 is 0 Å². The summed E-state index contributed by atoms with van der Waals surface area (Å²) in [6.07, 6.45) is 0. The summed E-state index contributed by atoms with van der Waals surface area (Å²) >= 11 is 0. The minimum absolute atomic E-state index is 0. The average Bonchev–Trinajstić information content (AvgIpc) is 2.61. The van der Waals surface area contributed by atoms with Crippen molar-refractivity contribution in [3.63, 3.8) is 0 Å². The monoisotopic (exact) mass is 339 g/mol. The Morgan fingerprint density at radius 2 is 1.50 bits per heavy atom. The van der Waals surface area contributed by atoms with Crippen molar-refractivity contribution in [3.05, 3.63) is 89.5 Å². The van der Waals surface area contributed by atoms with Gasteiger partial charge in [-0.3, -0.25) is 0 Å². The highest BCUT2D eigenvalue weighted by molar-refractivity contribution is 5.85. The van der Waals surface area contributed by atoms with Crippen LogP contribution in [-0.2, 0) is 13.2 Å². The summed E-state index contributed by atoms with van der Waals surface area (Å²) in [5, 5.41) is 0. The molecule has 0 heterocycles. The van der Waals surface area contributed by atoms with Gasteiger partial charge in [-0.15, -0.1) is 12.4 Å². The molecule has 0 radical (unpaired) electrons. The van der Waals surface area contributed by atoms with Gasteiger partial charge < -0.3 is 10.5 Å². The molecule has 0 saturated carbocycles. The number of nitrogens with two attached hydrogens (primary N) is 1. The van der Waals surface area contributed by atoms with E-state index in [2.05, 4.69) is 55.5 Å².